The fraction of sp³-hybridized carbons (Fsp3) is 0.467. The number of benzene rings is 1. The lowest BCUT2D eigenvalue weighted by atomic mass is 10.1. The molecule has 0 heterocycles. The van der Waals surface area contributed by atoms with E-state index in [0.29, 0.717) is 0 Å². The van der Waals surface area contributed by atoms with E-state index in [1.165, 1.54) is 23.2 Å². The molecule has 0 atom stereocenters. The van der Waals surface area contributed by atoms with E-state index in [4.69, 9.17) is 0 Å². The van der Waals surface area contributed by atoms with E-state index >= 15 is 0 Å². The monoisotopic (exact) mass is 232 g/mol. The third-order valence-electron chi connectivity index (χ3n) is 2.86. The molecule has 0 aliphatic rings. The Morgan fingerprint density at radius 1 is 1.19 bits per heavy atom. The Hall–Kier alpha value is -0.823. The zero-order chi connectivity index (χ0) is 12.2. The summed E-state index contributed by atoms with van der Waals surface area (Å²) in [6.45, 7) is 13.4. The van der Waals surface area contributed by atoms with Gasteiger partial charge >= 0.3 is 0 Å². The van der Waals surface area contributed by atoms with E-state index in [-0.39, 0.29) is 0 Å². The van der Waals surface area contributed by atoms with Gasteiger partial charge < -0.3 is 0 Å². The molecule has 0 unspecified atom stereocenters. The van der Waals surface area contributed by atoms with Crippen molar-refractivity contribution in [3.63, 3.8) is 0 Å². The van der Waals surface area contributed by atoms with Crippen LogP contribution >= 0.6 is 0 Å². The third kappa shape index (κ3) is 4.36. The van der Waals surface area contributed by atoms with Crippen molar-refractivity contribution in [1.82, 2.24) is 0 Å². The highest BCUT2D eigenvalue weighted by Gasteiger charge is 2.22. The first-order valence-electron chi connectivity index (χ1n) is 6.14. The van der Waals surface area contributed by atoms with Crippen molar-refractivity contribution in [1.29, 1.82) is 0 Å². The topological polar surface area (TPSA) is 0 Å². The van der Waals surface area contributed by atoms with E-state index in [1.807, 2.05) is 6.08 Å². The first-order chi connectivity index (χ1) is 7.43. The fourth-order valence-corrected chi connectivity index (χ4v) is 6.20. The Labute approximate surface area is 101 Å². The first-order valence-corrected chi connectivity index (χ1v) is 9.56. The van der Waals surface area contributed by atoms with Gasteiger partial charge in [0, 0.05) is 0 Å². The molecular weight excluding hydrogens is 208 g/mol. The zero-order valence-corrected chi connectivity index (χ0v) is 12.1. The highest BCUT2D eigenvalue weighted by molar-refractivity contribution is 6.76. The molecule has 0 saturated carbocycles. The molecule has 0 aliphatic carbocycles. The molecule has 1 aromatic rings. The molecule has 1 rings (SSSR count). The maximum absolute atomic E-state index is 3.78. The summed E-state index contributed by atoms with van der Waals surface area (Å²) in [7, 11) is -1.06. The maximum Gasteiger partial charge on any atom is 0.0520 e. The van der Waals surface area contributed by atoms with Crippen molar-refractivity contribution in [2.24, 2.45) is 5.92 Å². The molecule has 0 spiro atoms. The summed E-state index contributed by atoms with van der Waals surface area (Å²) in [6.07, 6.45) is 1.90. The predicted molar refractivity (Wildman–Crippen MR) is 77.4 cm³/mol. The van der Waals surface area contributed by atoms with Crippen LogP contribution in [-0.4, -0.2) is 8.07 Å². The van der Waals surface area contributed by atoms with Gasteiger partial charge in [0.1, 0.15) is 0 Å². The predicted octanol–water partition coefficient (Wildman–Crippen LogP) is 4.78. The average molecular weight is 232 g/mol. The molecule has 0 fully saturated rings. The Kier molecular flexibility index (Phi) is 4.54. The summed E-state index contributed by atoms with van der Waals surface area (Å²) in [5.41, 5.74) is 2.70. The summed E-state index contributed by atoms with van der Waals surface area (Å²) in [5.74, 6) is 0.828. The number of rotatable bonds is 5. The Bertz CT molecular complexity index is 333. The van der Waals surface area contributed by atoms with Crippen molar-refractivity contribution in [3.05, 3.63) is 42.0 Å². The van der Waals surface area contributed by atoms with E-state index < -0.39 is 8.07 Å². The minimum absolute atomic E-state index is 0.828. The van der Waals surface area contributed by atoms with Gasteiger partial charge in [-0.15, -0.1) is 0 Å². The lowest BCUT2D eigenvalue weighted by Crippen LogP contribution is -2.30. The zero-order valence-electron chi connectivity index (χ0n) is 11.1. The van der Waals surface area contributed by atoms with E-state index in [9.17, 15) is 0 Å². The molecule has 1 heteroatoms. The minimum atomic E-state index is -1.06. The fourth-order valence-electron chi connectivity index (χ4n) is 2.50. The van der Waals surface area contributed by atoms with Crippen molar-refractivity contribution in [2.45, 2.75) is 39.0 Å². The summed E-state index contributed by atoms with van der Waals surface area (Å²) < 4.78 is 0. The van der Waals surface area contributed by atoms with E-state index in [0.717, 1.165) is 5.92 Å². The molecule has 0 nitrogen and oxygen atoms in total. The lowest BCUT2D eigenvalue weighted by molar-refractivity contribution is 0.717. The molecule has 0 aromatic heterocycles. The van der Waals surface area contributed by atoms with Gasteiger partial charge in [-0.05, 0) is 17.5 Å². The van der Waals surface area contributed by atoms with Crippen molar-refractivity contribution >= 4 is 14.1 Å². The molecule has 0 amide bonds. The molecule has 88 valence electrons. The van der Waals surface area contributed by atoms with Gasteiger partial charge in [0.05, 0.1) is 8.07 Å². The van der Waals surface area contributed by atoms with Crippen LogP contribution in [0.15, 0.2) is 30.8 Å². The van der Waals surface area contributed by atoms with Gasteiger partial charge in [-0.2, -0.15) is 0 Å². The van der Waals surface area contributed by atoms with Crippen LogP contribution in [0.3, 0.4) is 0 Å². The van der Waals surface area contributed by atoms with Gasteiger partial charge in [0.2, 0.25) is 0 Å². The molecular formula is C15H24Si. The van der Waals surface area contributed by atoms with Crippen molar-refractivity contribution in [3.8, 4) is 0 Å². The van der Waals surface area contributed by atoms with Crippen LogP contribution in [0.4, 0.5) is 0 Å². The van der Waals surface area contributed by atoms with Crippen LogP contribution in [-0.2, 0) is 6.04 Å². The molecule has 0 saturated heterocycles. The van der Waals surface area contributed by atoms with Gasteiger partial charge in [0.25, 0.3) is 0 Å². The van der Waals surface area contributed by atoms with Gasteiger partial charge in [-0.3, -0.25) is 0 Å². The van der Waals surface area contributed by atoms with Crippen LogP contribution in [0.1, 0.15) is 25.0 Å². The Balaban J connectivity index is 2.68. The highest BCUT2D eigenvalue weighted by Crippen LogP contribution is 2.21. The second-order valence-corrected chi connectivity index (χ2v) is 11.0. The number of hydrogen-bond donors (Lipinski definition) is 0. The third-order valence-corrected chi connectivity index (χ3v) is 6.15. The molecule has 0 aliphatic heterocycles. The van der Waals surface area contributed by atoms with Crippen molar-refractivity contribution < 1.29 is 0 Å². The Morgan fingerprint density at radius 3 is 2.19 bits per heavy atom. The summed E-state index contributed by atoms with van der Waals surface area (Å²) in [6, 6.07) is 11.6. The van der Waals surface area contributed by atoms with Crippen LogP contribution in [0, 0.1) is 5.92 Å². The minimum Gasteiger partial charge on any atom is -0.0985 e. The standard InChI is InChI=1S/C15H24Si/c1-6-14-7-9-15(10-8-14)12-16(4,5)11-13(2)3/h6-10,13H,1,11-12H2,2-5H3. The molecule has 0 radical (unpaired) electrons. The van der Waals surface area contributed by atoms with Crippen LogP contribution in [0.2, 0.25) is 19.1 Å². The van der Waals surface area contributed by atoms with Gasteiger partial charge in [-0.1, -0.05) is 75.5 Å². The molecule has 16 heavy (non-hydrogen) atoms. The van der Waals surface area contributed by atoms with E-state index in [2.05, 4.69) is 57.8 Å². The normalized spacial score (nSPS) is 11.8. The first kappa shape index (κ1) is 13.2. The van der Waals surface area contributed by atoms with Crippen LogP contribution in [0.25, 0.3) is 6.08 Å². The second-order valence-electron chi connectivity index (χ2n) is 5.88. The maximum atomic E-state index is 3.78. The second kappa shape index (κ2) is 5.49. The molecule has 1 aromatic carbocycles. The summed E-state index contributed by atoms with van der Waals surface area (Å²) >= 11 is 0. The van der Waals surface area contributed by atoms with Crippen LogP contribution < -0.4 is 0 Å². The van der Waals surface area contributed by atoms with Gasteiger partial charge in [-0.25, -0.2) is 0 Å². The summed E-state index contributed by atoms with van der Waals surface area (Å²) in [4.78, 5) is 0. The summed E-state index contributed by atoms with van der Waals surface area (Å²) in [5, 5.41) is 0. The molecule has 0 N–H and O–H groups in total. The average Bonchev–Trinajstić information content (AvgIpc) is 2.16. The van der Waals surface area contributed by atoms with E-state index in [1.54, 1.807) is 0 Å². The lowest BCUT2D eigenvalue weighted by Gasteiger charge is -2.24. The largest absolute Gasteiger partial charge is 0.0985 e. The molecule has 0 bridgehead atoms. The SMILES string of the molecule is C=Cc1ccc(C[Si](C)(C)CC(C)C)cc1. The highest BCUT2D eigenvalue weighted by atomic mass is 28.3. The van der Waals surface area contributed by atoms with Crippen molar-refractivity contribution in [2.75, 3.05) is 0 Å². The smallest absolute Gasteiger partial charge is 0.0520 e. The Morgan fingerprint density at radius 2 is 1.75 bits per heavy atom. The van der Waals surface area contributed by atoms with Crippen LogP contribution in [0.5, 0.6) is 0 Å². The quantitative estimate of drug-likeness (QED) is 0.641. The number of hydrogen-bond acceptors (Lipinski definition) is 0. The van der Waals surface area contributed by atoms with Gasteiger partial charge in [0.15, 0.2) is 0 Å².